The Bertz CT molecular complexity index is 886. The molecule has 0 aliphatic carbocycles. The summed E-state index contributed by atoms with van der Waals surface area (Å²) in [4.78, 5) is 0. The molecule has 27 heavy (non-hydrogen) atoms. The van der Waals surface area contributed by atoms with Gasteiger partial charge < -0.3 is 14.3 Å². The zero-order valence-corrected chi connectivity index (χ0v) is 16.8. The van der Waals surface area contributed by atoms with E-state index >= 15 is 0 Å². The first-order chi connectivity index (χ1) is 13.2. The van der Waals surface area contributed by atoms with Crippen LogP contribution in [0.1, 0.15) is 23.8 Å². The topological polar surface area (TPSA) is 42.6 Å². The lowest BCUT2D eigenvalue weighted by atomic mass is 9.98. The molecule has 1 aliphatic rings. The molecule has 0 bridgehead atoms. The largest absolute Gasteiger partial charge is 0.497 e. The Morgan fingerprint density at radius 3 is 2.44 bits per heavy atom. The highest BCUT2D eigenvalue weighted by Crippen LogP contribution is 2.57. The maximum atomic E-state index is 11.2. The number of aliphatic hydroxyl groups excluding tert-OH is 1. The number of hydrogen-bond donors (Lipinski definition) is 1. The number of benzene rings is 2. The SMILES string of the molecule is COc1cccc(-c2cccc(C3(C(O)c4ccco4)SCCCS3)c2)c1. The van der Waals surface area contributed by atoms with E-state index in [1.807, 2.05) is 53.9 Å². The second kappa shape index (κ2) is 8.05. The Kier molecular flexibility index (Phi) is 5.53. The molecule has 0 spiro atoms. The van der Waals surface area contributed by atoms with Crippen molar-refractivity contribution in [3.63, 3.8) is 0 Å². The van der Waals surface area contributed by atoms with Crippen LogP contribution < -0.4 is 4.74 Å². The minimum absolute atomic E-state index is 0.467. The summed E-state index contributed by atoms with van der Waals surface area (Å²) in [6.45, 7) is 0. The molecule has 2 aromatic carbocycles. The van der Waals surface area contributed by atoms with Gasteiger partial charge in [0.1, 0.15) is 21.7 Å². The van der Waals surface area contributed by atoms with E-state index in [1.165, 1.54) is 0 Å². The molecule has 1 aromatic heterocycles. The third-order valence-corrected chi connectivity index (χ3v) is 8.23. The first kappa shape index (κ1) is 18.5. The summed E-state index contributed by atoms with van der Waals surface area (Å²) in [5.74, 6) is 3.50. The third kappa shape index (κ3) is 3.64. The smallest absolute Gasteiger partial charge is 0.139 e. The minimum Gasteiger partial charge on any atom is -0.497 e. The van der Waals surface area contributed by atoms with Crippen LogP contribution in [0.4, 0.5) is 0 Å². The molecule has 3 aromatic rings. The molecule has 1 saturated heterocycles. The van der Waals surface area contributed by atoms with E-state index in [4.69, 9.17) is 9.15 Å². The molecular formula is C22H22O3S2. The van der Waals surface area contributed by atoms with Crippen molar-refractivity contribution in [2.45, 2.75) is 16.6 Å². The van der Waals surface area contributed by atoms with Gasteiger partial charge in [-0.3, -0.25) is 0 Å². The first-order valence-corrected chi connectivity index (χ1v) is 10.9. The fraction of sp³-hybridized carbons (Fsp3) is 0.273. The van der Waals surface area contributed by atoms with Crippen molar-refractivity contribution in [2.75, 3.05) is 18.6 Å². The lowest BCUT2D eigenvalue weighted by Gasteiger charge is -2.39. The molecule has 5 heteroatoms. The second-order valence-electron chi connectivity index (χ2n) is 6.45. The van der Waals surface area contributed by atoms with E-state index in [1.54, 1.807) is 13.4 Å². The van der Waals surface area contributed by atoms with Gasteiger partial charge in [0.05, 0.1) is 13.4 Å². The Morgan fingerprint density at radius 2 is 1.74 bits per heavy atom. The van der Waals surface area contributed by atoms with Crippen LogP contribution in [0.25, 0.3) is 11.1 Å². The summed E-state index contributed by atoms with van der Waals surface area (Å²) in [5.41, 5.74) is 3.33. The molecule has 0 saturated carbocycles. The number of thioether (sulfide) groups is 2. The molecular weight excluding hydrogens is 376 g/mol. The Hall–Kier alpha value is -1.82. The van der Waals surface area contributed by atoms with Crippen LogP contribution in [-0.4, -0.2) is 23.7 Å². The maximum Gasteiger partial charge on any atom is 0.139 e. The van der Waals surface area contributed by atoms with Gasteiger partial charge in [0, 0.05) is 0 Å². The van der Waals surface area contributed by atoms with Crippen LogP contribution in [0.3, 0.4) is 0 Å². The summed E-state index contributed by atoms with van der Waals surface area (Å²) in [6, 6.07) is 20.2. The molecule has 1 N–H and O–H groups in total. The van der Waals surface area contributed by atoms with E-state index in [0.717, 1.165) is 40.4 Å². The standard InChI is InChI=1S/C22H22O3S2/c1-24-19-9-3-7-17(15-19)16-6-2-8-18(14-16)22(26-12-5-13-27-22)21(23)20-10-4-11-25-20/h2-4,6-11,14-15,21,23H,5,12-13H2,1H3. The highest BCUT2D eigenvalue weighted by atomic mass is 32.2. The quantitative estimate of drug-likeness (QED) is 0.596. The van der Waals surface area contributed by atoms with Crippen LogP contribution in [0, 0.1) is 0 Å². The van der Waals surface area contributed by atoms with Gasteiger partial charge in [-0.05, 0) is 64.9 Å². The highest BCUT2D eigenvalue weighted by Gasteiger charge is 2.44. The van der Waals surface area contributed by atoms with E-state index < -0.39 is 10.2 Å². The average Bonchev–Trinajstić information content (AvgIpc) is 3.28. The average molecular weight is 399 g/mol. The van der Waals surface area contributed by atoms with E-state index in [-0.39, 0.29) is 0 Å². The minimum atomic E-state index is -0.705. The van der Waals surface area contributed by atoms with Gasteiger partial charge in [0.15, 0.2) is 0 Å². The molecule has 0 radical (unpaired) electrons. The van der Waals surface area contributed by atoms with E-state index in [2.05, 4.69) is 30.3 Å². The third-order valence-electron chi connectivity index (χ3n) is 4.76. The molecule has 4 rings (SSSR count). The van der Waals surface area contributed by atoms with Gasteiger partial charge >= 0.3 is 0 Å². The summed E-state index contributed by atoms with van der Waals surface area (Å²) < 4.78 is 10.4. The second-order valence-corrected chi connectivity index (χ2v) is 9.39. The van der Waals surface area contributed by atoms with E-state index in [0.29, 0.717) is 5.76 Å². The number of rotatable bonds is 5. The van der Waals surface area contributed by atoms with Gasteiger partial charge in [-0.25, -0.2) is 0 Å². The predicted octanol–water partition coefficient (Wildman–Crippen LogP) is 5.71. The molecule has 140 valence electrons. The molecule has 1 atom stereocenters. The molecule has 1 aliphatic heterocycles. The Labute approximate surface area is 168 Å². The van der Waals surface area contributed by atoms with Crippen LogP contribution in [0.15, 0.2) is 71.3 Å². The van der Waals surface area contributed by atoms with Gasteiger partial charge in [-0.1, -0.05) is 30.3 Å². The lowest BCUT2D eigenvalue weighted by molar-refractivity contribution is 0.136. The molecule has 0 amide bonds. The summed E-state index contributed by atoms with van der Waals surface area (Å²) in [6.07, 6.45) is 2.07. The normalized spacial score (nSPS) is 17.4. The number of hydrogen-bond acceptors (Lipinski definition) is 5. The van der Waals surface area contributed by atoms with Gasteiger partial charge in [0.25, 0.3) is 0 Å². The zero-order chi connectivity index (χ0) is 18.7. The Morgan fingerprint density at radius 1 is 1.00 bits per heavy atom. The van der Waals surface area contributed by atoms with E-state index in [9.17, 15) is 5.11 Å². The van der Waals surface area contributed by atoms with Gasteiger partial charge in [-0.2, -0.15) is 0 Å². The molecule has 2 heterocycles. The number of methoxy groups -OCH3 is 1. The molecule has 1 fully saturated rings. The van der Waals surface area contributed by atoms with Crippen molar-refractivity contribution < 1.29 is 14.3 Å². The van der Waals surface area contributed by atoms with Crippen molar-refractivity contribution in [3.8, 4) is 16.9 Å². The van der Waals surface area contributed by atoms with Crippen molar-refractivity contribution in [1.82, 2.24) is 0 Å². The molecule has 1 unspecified atom stereocenters. The van der Waals surface area contributed by atoms with Gasteiger partial charge in [-0.15, -0.1) is 23.5 Å². The maximum absolute atomic E-state index is 11.2. The number of aliphatic hydroxyl groups is 1. The summed E-state index contributed by atoms with van der Waals surface area (Å²) in [5, 5.41) is 11.2. The van der Waals surface area contributed by atoms with Crippen LogP contribution in [0.5, 0.6) is 5.75 Å². The van der Waals surface area contributed by atoms with Crippen molar-refractivity contribution in [3.05, 3.63) is 78.3 Å². The Balaban J connectivity index is 1.77. The fourth-order valence-corrected chi connectivity index (χ4v) is 6.72. The highest BCUT2D eigenvalue weighted by molar-refractivity contribution is 8.18. The number of furan rings is 1. The zero-order valence-electron chi connectivity index (χ0n) is 15.1. The van der Waals surface area contributed by atoms with Crippen molar-refractivity contribution >= 4 is 23.5 Å². The van der Waals surface area contributed by atoms with Crippen LogP contribution in [0.2, 0.25) is 0 Å². The van der Waals surface area contributed by atoms with Crippen molar-refractivity contribution in [2.24, 2.45) is 0 Å². The summed E-state index contributed by atoms with van der Waals surface area (Å²) in [7, 11) is 1.68. The monoisotopic (exact) mass is 398 g/mol. The molecule has 3 nitrogen and oxygen atoms in total. The fourth-order valence-electron chi connectivity index (χ4n) is 3.38. The van der Waals surface area contributed by atoms with Crippen LogP contribution in [-0.2, 0) is 4.08 Å². The first-order valence-electron chi connectivity index (χ1n) is 8.97. The van der Waals surface area contributed by atoms with Crippen molar-refractivity contribution in [1.29, 1.82) is 0 Å². The predicted molar refractivity (Wildman–Crippen MR) is 113 cm³/mol. The van der Waals surface area contributed by atoms with Gasteiger partial charge in [0.2, 0.25) is 0 Å². The number of ether oxygens (including phenoxy) is 1. The lowest BCUT2D eigenvalue weighted by Crippen LogP contribution is -2.30. The summed E-state index contributed by atoms with van der Waals surface area (Å²) >= 11 is 3.62. The van der Waals surface area contributed by atoms with Crippen LogP contribution >= 0.6 is 23.5 Å².